The lowest BCUT2D eigenvalue weighted by Crippen LogP contribution is -2.43. The van der Waals surface area contributed by atoms with Crippen LogP contribution in [-0.4, -0.2) is 37.6 Å². The summed E-state index contributed by atoms with van der Waals surface area (Å²) in [6, 6.07) is 9.88. The summed E-state index contributed by atoms with van der Waals surface area (Å²) in [7, 11) is 3.29. The second kappa shape index (κ2) is 8.30. The van der Waals surface area contributed by atoms with Crippen molar-refractivity contribution in [1.82, 2.24) is 4.90 Å². The van der Waals surface area contributed by atoms with Gasteiger partial charge in [-0.3, -0.25) is 4.79 Å². The van der Waals surface area contributed by atoms with Gasteiger partial charge in [-0.1, -0.05) is 6.07 Å². The molecule has 0 N–H and O–H groups in total. The Morgan fingerprint density at radius 2 is 1.96 bits per heavy atom. The Morgan fingerprint density at radius 1 is 1.15 bits per heavy atom. The third-order valence-corrected chi connectivity index (χ3v) is 5.05. The monoisotopic (exact) mass is 357 g/mol. The number of carbonyl (C=O) groups excluding carboxylic acids is 1. The summed E-state index contributed by atoms with van der Waals surface area (Å²) in [5.74, 6) is 2.70. The number of ether oxygens (including phenoxy) is 2. The molecule has 1 aromatic carbocycles. The molecular formula is C21H27NO4. The summed E-state index contributed by atoms with van der Waals surface area (Å²) in [5.41, 5.74) is 1.19. The van der Waals surface area contributed by atoms with Gasteiger partial charge in [-0.2, -0.15) is 0 Å². The Balaban J connectivity index is 1.68. The van der Waals surface area contributed by atoms with Crippen LogP contribution >= 0.6 is 0 Å². The van der Waals surface area contributed by atoms with Crippen molar-refractivity contribution in [1.29, 1.82) is 0 Å². The predicted octanol–water partition coefficient (Wildman–Crippen LogP) is 4.23. The molecule has 0 radical (unpaired) electrons. The number of hydrogen-bond acceptors (Lipinski definition) is 4. The van der Waals surface area contributed by atoms with Crippen LogP contribution in [0.15, 0.2) is 34.7 Å². The fourth-order valence-corrected chi connectivity index (χ4v) is 3.63. The van der Waals surface area contributed by atoms with Crippen LogP contribution in [0.3, 0.4) is 0 Å². The number of likely N-dealkylation sites (tertiary alicyclic amines) is 1. The summed E-state index contributed by atoms with van der Waals surface area (Å²) in [5, 5.41) is 0. The Bertz CT molecular complexity index is 752. The molecular weight excluding hydrogens is 330 g/mol. The Labute approximate surface area is 154 Å². The van der Waals surface area contributed by atoms with E-state index in [0.717, 1.165) is 55.9 Å². The molecule has 1 aliphatic heterocycles. The number of furan rings is 1. The van der Waals surface area contributed by atoms with Crippen LogP contribution in [0.1, 0.15) is 47.6 Å². The van der Waals surface area contributed by atoms with Crippen molar-refractivity contribution in [3.05, 3.63) is 47.4 Å². The van der Waals surface area contributed by atoms with Gasteiger partial charge in [-0.15, -0.1) is 0 Å². The molecule has 2 heterocycles. The first-order valence-corrected chi connectivity index (χ1v) is 9.20. The lowest BCUT2D eigenvalue weighted by Gasteiger charge is -2.35. The van der Waals surface area contributed by atoms with Crippen LogP contribution < -0.4 is 9.47 Å². The lowest BCUT2D eigenvalue weighted by atomic mass is 9.95. The van der Waals surface area contributed by atoms with Gasteiger partial charge in [0.1, 0.15) is 5.76 Å². The van der Waals surface area contributed by atoms with E-state index < -0.39 is 0 Å². The van der Waals surface area contributed by atoms with Gasteiger partial charge >= 0.3 is 0 Å². The second-order valence-corrected chi connectivity index (χ2v) is 6.79. The summed E-state index contributed by atoms with van der Waals surface area (Å²) < 4.78 is 16.2. The number of amides is 1. The first-order chi connectivity index (χ1) is 12.6. The van der Waals surface area contributed by atoms with E-state index in [4.69, 9.17) is 13.9 Å². The number of aryl methyl sites for hydroxylation is 2. The van der Waals surface area contributed by atoms with Gasteiger partial charge in [0.15, 0.2) is 17.3 Å². The van der Waals surface area contributed by atoms with Gasteiger partial charge in [0.05, 0.1) is 14.2 Å². The van der Waals surface area contributed by atoms with Crippen LogP contribution in [0.4, 0.5) is 0 Å². The smallest absolute Gasteiger partial charge is 0.289 e. The van der Waals surface area contributed by atoms with Crippen LogP contribution in [0.2, 0.25) is 0 Å². The van der Waals surface area contributed by atoms with Crippen LogP contribution in [0.5, 0.6) is 11.5 Å². The molecule has 0 aliphatic carbocycles. The second-order valence-electron chi connectivity index (χ2n) is 6.79. The van der Waals surface area contributed by atoms with Crippen molar-refractivity contribution in [3.8, 4) is 11.5 Å². The third kappa shape index (κ3) is 4.03. The highest BCUT2D eigenvalue weighted by molar-refractivity contribution is 5.91. The SMILES string of the molecule is COc1ccc(CCC2CCCCN2C(=O)c2ccc(C)o2)cc1OC. The average molecular weight is 357 g/mol. The summed E-state index contributed by atoms with van der Waals surface area (Å²) in [6.45, 7) is 2.66. The van der Waals surface area contributed by atoms with Crippen LogP contribution in [0, 0.1) is 6.92 Å². The van der Waals surface area contributed by atoms with Crippen molar-refractivity contribution in [2.75, 3.05) is 20.8 Å². The molecule has 26 heavy (non-hydrogen) atoms. The highest BCUT2D eigenvalue weighted by atomic mass is 16.5. The van der Waals surface area contributed by atoms with E-state index in [2.05, 4.69) is 6.07 Å². The highest BCUT2D eigenvalue weighted by Gasteiger charge is 2.28. The molecule has 5 heteroatoms. The fourth-order valence-electron chi connectivity index (χ4n) is 3.63. The minimum Gasteiger partial charge on any atom is -0.493 e. The number of benzene rings is 1. The molecule has 5 nitrogen and oxygen atoms in total. The number of nitrogens with zero attached hydrogens (tertiary/aromatic N) is 1. The maximum atomic E-state index is 12.8. The molecule has 1 aromatic heterocycles. The van der Waals surface area contributed by atoms with E-state index in [9.17, 15) is 4.79 Å². The first kappa shape index (κ1) is 18.4. The van der Waals surface area contributed by atoms with Crippen molar-refractivity contribution in [2.24, 2.45) is 0 Å². The molecule has 1 saturated heterocycles. The van der Waals surface area contributed by atoms with Gasteiger partial charge in [-0.05, 0) is 68.9 Å². The van der Waals surface area contributed by atoms with E-state index in [0.29, 0.717) is 5.76 Å². The Hall–Kier alpha value is -2.43. The lowest BCUT2D eigenvalue weighted by molar-refractivity contribution is 0.0568. The van der Waals surface area contributed by atoms with Crippen molar-refractivity contribution in [2.45, 2.75) is 45.1 Å². The van der Waals surface area contributed by atoms with Gasteiger partial charge in [-0.25, -0.2) is 0 Å². The zero-order chi connectivity index (χ0) is 18.5. The zero-order valence-electron chi connectivity index (χ0n) is 15.8. The molecule has 1 amide bonds. The van der Waals surface area contributed by atoms with E-state index >= 15 is 0 Å². The molecule has 1 aliphatic rings. The van der Waals surface area contributed by atoms with Gasteiger partial charge in [0, 0.05) is 12.6 Å². The van der Waals surface area contributed by atoms with Gasteiger partial charge in [0.25, 0.3) is 5.91 Å². The number of piperidine rings is 1. The normalized spacial score (nSPS) is 17.2. The molecule has 1 unspecified atom stereocenters. The largest absolute Gasteiger partial charge is 0.493 e. The third-order valence-electron chi connectivity index (χ3n) is 5.05. The molecule has 140 valence electrons. The number of methoxy groups -OCH3 is 2. The average Bonchev–Trinajstić information content (AvgIpc) is 3.12. The molecule has 1 fully saturated rings. The fraction of sp³-hybridized carbons (Fsp3) is 0.476. The molecule has 2 aromatic rings. The zero-order valence-corrected chi connectivity index (χ0v) is 15.8. The summed E-state index contributed by atoms with van der Waals surface area (Å²) in [4.78, 5) is 14.8. The first-order valence-electron chi connectivity index (χ1n) is 9.20. The quantitative estimate of drug-likeness (QED) is 0.776. The number of rotatable bonds is 6. The molecule has 3 rings (SSSR count). The van der Waals surface area contributed by atoms with E-state index in [1.54, 1.807) is 20.3 Å². The highest BCUT2D eigenvalue weighted by Crippen LogP contribution is 2.29. The van der Waals surface area contributed by atoms with E-state index in [-0.39, 0.29) is 11.9 Å². The van der Waals surface area contributed by atoms with E-state index in [1.807, 2.05) is 30.0 Å². The molecule has 1 atom stereocenters. The van der Waals surface area contributed by atoms with Gasteiger partial charge < -0.3 is 18.8 Å². The summed E-state index contributed by atoms with van der Waals surface area (Å²) >= 11 is 0. The molecule has 0 spiro atoms. The molecule has 0 saturated carbocycles. The minimum atomic E-state index is 0.00936. The van der Waals surface area contributed by atoms with Crippen molar-refractivity contribution >= 4 is 5.91 Å². The van der Waals surface area contributed by atoms with Gasteiger partial charge in [0.2, 0.25) is 0 Å². The van der Waals surface area contributed by atoms with Crippen LogP contribution in [-0.2, 0) is 6.42 Å². The Kier molecular flexibility index (Phi) is 5.86. The molecule has 0 bridgehead atoms. The predicted molar refractivity (Wildman–Crippen MR) is 100.0 cm³/mol. The minimum absolute atomic E-state index is 0.00936. The van der Waals surface area contributed by atoms with Crippen molar-refractivity contribution in [3.63, 3.8) is 0 Å². The van der Waals surface area contributed by atoms with E-state index in [1.165, 1.54) is 5.56 Å². The van der Waals surface area contributed by atoms with Crippen molar-refractivity contribution < 1.29 is 18.7 Å². The Morgan fingerprint density at radius 3 is 2.65 bits per heavy atom. The summed E-state index contributed by atoms with van der Waals surface area (Å²) in [6.07, 6.45) is 5.08. The number of carbonyl (C=O) groups is 1. The maximum absolute atomic E-state index is 12.8. The number of hydrogen-bond donors (Lipinski definition) is 0. The maximum Gasteiger partial charge on any atom is 0.289 e. The van der Waals surface area contributed by atoms with Crippen LogP contribution in [0.25, 0.3) is 0 Å². The standard InChI is InChI=1S/C21H27NO4/c1-15-7-11-19(26-15)21(23)22-13-5-4-6-17(22)10-8-16-9-12-18(24-2)20(14-16)25-3/h7,9,11-12,14,17H,4-6,8,10,13H2,1-3H3. The topological polar surface area (TPSA) is 51.9 Å².